The maximum absolute atomic E-state index is 13.1. The van der Waals surface area contributed by atoms with Crippen molar-refractivity contribution in [1.29, 1.82) is 0 Å². The lowest BCUT2D eigenvalue weighted by molar-refractivity contribution is 0.0993. The fraction of sp³-hybridized carbons (Fsp3) is 0.382. The number of hydrogen-bond donors (Lipinski definition) is 1. The maximum Gasteiger partial charge on any atom is 0.167 e. The first kappa shape index (κ1) is 30.2. The van der Waals surface area contributed by atoms with Crippen molar-refractivity contribution in [1.82, 2.24) is 24.8 Å². The van der Waals surface area contributed by atoms with Gasteiger partial charge in [-0.3, -0.25) is 19.6 Å². The van der Waals surface area contributed by atoms with Gasteiger partial charge in [-0.15, -0.1) is 0 Å². The SMILES string of the molecule is CCCN(CCC)Cc1ccc(CC(=O)c2ccc(CN(Cc3ncc[nH]3)Cc3ncccc3OCC)cc2)cc1. The molecule has 2 aromatic heterocycles. The molecule has 4 rings (SSSR count). The summed E-state index contributed by atoms with van der Waals surface area (Å²) >= 11 is 0. The molecule has 7 nitrogen and oxygen atoms in total. The lowest BCUT2D eigenvalue weighted by Crippen LogP contribution is -2.24. The molecule has 0 aliphatic heterocycles. The van der Waals surface area contributed by atoms with Crippen LogP contribution in [0.5, 0.6) is 5.75 Å². The summed E-state index contributed by atoms with van der Waals surface area (Å²) in [6, 6.07) is 20.3. The number of nitrogens with zero attached hydrogens (tertiary/aromatic N) is 4. The number of aromatic nitrogens is 3. The molecule has 0 saturated heterocycles. The van der Waals surface area contributed by atoms with Crippen LogP contribution in [0.25, 0.3) is 0 Å². The molecule has 0 saturated carbocycles. The van der Waals surface area contributed by atoms with Gasteiger partial charge in [-0.1, -0.05) is 62.4 Å². The van der Waals surface area contributed by atoms with Crippen molar-refractivity contribution < 1.29 is 9.53 Å². The second kappa shape index (κ2) is 15.8. The Bertz CT molecular complexity index is 1310. The lowest BCUT2D eigenvalue weighted by Gasteiger charge is -2.22. The van der Waals surface area contributed by atoms with Crippen LogP contribution < -0.4 is 4.74 Å². The quantitative estimate of drug-likeness (QED) is 0.151. The van der Waals surface area contributed by atoms with Crippen LogP contribution in [-0.2, 0) is 32.6 Å². The van der Waals surface area contributed by atoms with Gasteiger partial charge in [0.05, 0.1) is 18.8 Å². The average Bonchev–Trinajstić information content (AvgIpc) is 3.49. The van der Waals surface area contributed by atoms with Crippen molar-refractivity contribution in [3.05, 3.63) is 113 Å². The third-order valence-electron chi connectivity index (χ3n) is 7.01. The Morgan fingerprint density at radius 2 is 1.41 bits per heavy atom. The van der Waals surface area contributed by atoms with Crippen molar-refractivity contribution in [3.63, 3.8) is 0 Å². The van der Waals surface area contributed by atoms with Crippen molar-refractivity contribution in [2.75, 3.05) is 19.7 Å². The minimum absolute atomic E-state index is 0.130. The fourth-order valence-corrected chi connectivity index (χ4v) is 5.07. The molecule has 0 bridgehead atoms. The zero-order chi connectivity index (χ0) is 28.9. The third-order valence-corrected chi connectivity index (χ3v) is 7.01. The van der Waals surface area contributed by atoms with Crippen LogP contribution in [0.1, 0.15) is 72.2 Å². The number of benzene rings is 2. The van der Waals surface area contributed by atoms with Crippen LogP contribution in [0, 0.1) is 0 Å². The van der Waals surface area contributed by atoms with E-state index in [1.807, 2.05) is 49.5 Å². The van der Waals surface area contributed by atoms with Gasteiger partial charge in [0.25, 0.3) is 0 Å². The number of ether oxygens (including phenoxy) is 1. The lowest BCUT2D eigenvalue weighted by atomic mass is 10.0. The number of imidazole rings is 1. The first-order chi connectivity index (χ1) is 20.1. The van der Waals surface area contributed by atoms with E-state index in [-0.39, 0.29) is 5.78 Å². The molecule has 0 unspecified atom stereocenters. The van der Waals surface area contributed by atoms with Gasteiger partial charge in [-0.05, 0) is 61.7 Å². The van der Waals surface area contributed by atoms with Gasteiger partial charge in [0.2, 0.25) is 0 Å². The summed E-state index contributed by atoms with van der Waals surface area (Å²) in [6.45, 7) is 12.1. The Balaban J connectivity index is 1.38. The van der Waals surface area contributed by atoms with E-state index in [1.165, 1.54) is 5.56 Å². The predicted octanol–water partition coefficient (Wildman–Crippen LogP) is 6.45. The number of aromatic amines is 1. The fourth-order valence-electron chi connectivity index (χ4n) is 5.07. The second-order valence-corrected chi connectivity index (χ2v) is 10.5. The molecule has 0 spiro atoms. The van der Waals surface area contributed by atoms with E-state index < -0.39 is 0 Å². The number of Topliss-reactive ketones (excluding diaryl/α,β-unsaturated/α-hetero) is 1. The minimum Gasteiger partial charge on any atom is -0.492 e. The van der Waals surface area contributed by atoms with E-state index in [2.05, 4.69) is 62.9 Å². The van der Waals surface area contributed by atoms with Crippen LogP contribution in [0.3, 0.4) is 0 Å². The number of ketones is 1. The number of hydrogen-bond acceptors (Lipinski definition) is 6. The van der Waals surface area contributed by atoms with Gasteiger partial charge in [0, 0.05) is 50.2 Å². The number of carbonyl (C=O) groups excluding carboxylic acids is 1. The topological polar surface area (TPSA) is 74.4 Å². The summed E-state index contributed by atoms with van der Waals surface area (Å²) in [5, 5.41) is 0. The second-order valence-electron chi connectivity index (χ2n) is 10.5. The van der Waals surface area contributed by atoms with E-state index in [0.29, 0.717) is 32.7 Å². The number of carbonyl (C=O) groups is 1. The molecule has 4 aromatic rings. The van der Waals surface area contributed by atoms with Crippen LogP contribution in [0.15, 0.2) is 79.3 Å². The highest BCUT2D eigenvalue weighted by atomic mass is 16.5. The van der Waals surface area contributed by atoms with Crippen molar-refractivity contribution in [3.8, 4) is 5.75 Å². The average molecular weight is 554 g/mol. The Morgan fingerprint density at radius 3 is 2.05 bits per heavy atom. The highest BCUT2D eigenvalue weighted by Crippen LogP contribution is 2.20. The van der Waals surface area contributed by atoms with Gasteiger partial charge in [-0.25, -0.2) is 4.98 Å². The molecule has 41 heavy (non-hydrogen) atoms. The van der Waals surface area contributed by atoms with E-state index in [0.717, 1.165) is 66.4 Å². The van der Waals surface area contributed by atoms with E-state index in [1.54, 1.807) is 12.4 Å². The summed E-state index contributed by atoms with van der Waals surface area (Å²) in [7, 11) is 0. The Kier molecular flexibility index (Phi) is 11.7. The molecule has 0 radical (unpaired) electrons. The van der Waals surface area contributed by atoms with Crippen LogP contribution in [0.4, 0.5) is 0 Å². The molecule has 216 valence electrons. The molecule has 2 heterocycles. The van der Waals surface area contributed by atoms with Crippen molar-refractivity contribution >= 4 is 5.78 Å². The smallest absolute Gasteiger partial charge is 0.167 e. The van der Waals surface area contributed by atoms with Gasteiger partial charge >= 0.3 is 0 Å². The first-order valence-corrected chi connectivity index (χ1v) is 14.8. The maximum atomic E-state index is 13.1. The molecule has 0 aliphatic rings. The minimum atomic E-state index is 0.130. The van der Waals surface area contributed by atoms with Crippen LogP contribution >= 0.6 is 0 Å². The van der Waals surface area contributed by atoms with Gasteiger partial charge in [-0.2, -0.15) is 0 Å². The Hall–Kier alpha value is -3.81. The summed E-state index contributed by atoms with van der Waals surface area (Å²) in [5.41, 5.74) is 5.09. The third kappa shape index (κ3) is 9.37. The summed E-state index contributed by atoms with van der Waals surface area (Å²) < 4.78 is 5.80. The van der Waals surface area contributed by atoms with Crippen LogP contribution in [0.2, 0.25) is 0 Å². The highest BCUT2D eigenvalue weighted by Gasteiger charge is 2.15. The van der Waals surface area contributed by atoms with E-state index >= 15 is 0 Å². The molecular formula is C34H43N5O2. The zero-order valence-corrected chi connectivity index (χ0v) is 24.7. The standard InChI is InChI=1S/C34H43N5O2/c1-4-20-38(21-5-2)23-28-11-9-27(10-12-28)22-32(40)30-15-13-29(14-16-30)24-39(26-34-36-18-19-37-34)25-31-33(41-6-3)8-7-17-35-31/h7-19H,4-6,20-26H2,1-3H3,(H,36,37). The van der Waals surface area contributed by atoms with Crippen LogP contribution in [-0.4, -0.2) is 50.2 Å². The molecule has 1 N–H and O–H groups in total. The molecular weight excluding hydrogens is 510 g/mol. The Morgan fingerprint density at radius 1 is 0.756 bits per heavy atom. The number of H-pyrrole nitrogens is 1. The predicted molar refractivity (Wildman–Crippen MR) is 164 cm³/mol. The number of rotatable bonds is 17. The van der Waals surface area contributed by atoms with Gasteiger partial charge in [0.15, 0.2) is 5.78 Å². The van der Waals surface area contributed by atoms with Gasteiger partial charge < -0.3 is 9.72 Å². The summed E-state index contributed by atoms with van der Waals surface area (Å²) in [4.78, 5) is 30.0. The molecule has 0 aliphatic carbocycles. The number of nitrogens with one attached hydrogen (secondary N) is 1. The monoisotopic (exact) mass is 553 g/mol. The highest BCUT2D eigenvalue weighted by molar-refractivity contribution is 5.97. The zero-order valence-electron chi connectivity index (χ0n) is 24.7. The first-order valence-electron chi connectivity index (χ1n) is 14.8. The van der Waals surface area contributed by atoms with E-state index in [9.17, 15) is 4.79 Å². The molecule has 2 aromatic carbocycles. The molecule has 7 heteroatoms. The van der Waals surface area contributed by atoms with Crippen molar-refractivity contribution in [2.45, 2.75) is 66.2 Å². The van der Waals surface area contributed by atoms with E-state index in [4.69, 9.17) is 4.74 Å². The summed E-state index contributed by atoms with van der Waals surface area (Å²) in [6.07, 6.45) is 8.12. The Labute approximate surface area is 244 Å². The van der Waals surface area contributed by atoms with Crippen molar-refractivity contribution in [2.24, 2.45) is 0 Å². The summed E-state index contributed by atoms with van der Waals surface area (Å²) in [5.74, 6) is 1.82. The largest absolute Gasteiger partial charge is 0.492 e. The number of pyridine rings is 1. The molecule has 0 fully saturated rings. The normalized spacial score (nSPS) is 11.3. The van der Waals surface area contributed by atoms with Gasteiger partial charge in [0.1, 0.15) is 11.6 Å². The molecule has 0 atom stereocenters. The molecule has 0 amide bonds.